The lowest BCUT2D eigenvalue weighted by molar-refractivity contribution is -0.0286. The Hall–Kier alpha value is -0.510. The van der Waals surface area contributed by atoms with Crippen LogP contribution in [0.3, 0.4) is 0 Å². The van der Waals surface area contributed by atoms with E-state index in [1.807, 2.05) is 13.8 Å². The summed E-state index contributed by atoms with van der Waals surface area (Å²) in [4.78, 5) is 0. The topological polar surface area (TPSA) is 46.2 Å². The number of hydrogen-bond donors (Lipinski definition) is 3. The van der Waals surface area contributed by atoms with Gasteiger partial charge in [0.15, 0.2) is 0 Å². The van der Waals surface area contributed by atoms with Gasteiger partial charge in [-0.3, -0.25) is 0 Å². The summed E-state index contributed by atoms with van der Waals surface area (Å²) in [6.45, 7) is 6.63. The van der Waals surface area contributed by atoms with Crippen molar-refractivity contribution < 1.29 is 5.11 Å². The third-order valence-electron chi connectivity index (χ3n) is 9.74. The van der Waals surface area contributed by atoms with Crippen LogP contribution in [0.2, 0.25) is 0 Å². The maximum Gasteiger partial charge on any atom is 0.0578 e. The van der Waals surface area contributed by atoms with Crippen molar-refractivity contribution in [1.29, 1.82) is 0 Å². The summed E-state index contributed by atoms with van der Waals surface area (Å²) in [7, 11) is 0. The molecule has 7 atom stereocenters. The first-order chi connectivity index (χ1) is 15.5. The lowest BCUT2D eigenvalue weighted by Gasteiger charge is -2.57. The van der Waals surface area contributed by atoms with E-state index in [2.05, 4.69) is 43.9 Å². The second-order valence-electron chi connectivity index (χ2n) is 10.9. The first-order valence-corrected chi connectivity index (χ1v) is 14.4. The molecule has 0 amide bonds. The van der Waals surface area contributed by atoms with Gasteiger partial charge >= 0.3 is 0 Å². The van der Waals surface area contributed by atoms with Crippen molar-refractivity contribution in [3.05, 3.63) is 35.5 Å². The average molecular weight is 476 g/mol. The molecule has 3 heteroatoms. The summed E-state index contributed by atoms with van der Waals surface area (Å²) in [6, 6.07) is 0. The maximum absolute atomic E-state index is 10.1. The van der Waals surface area contributed by atoms with Crippen molar-refractivity contribution in [3.8, 4) is 0 Å². The molecule has 3 fully saturated rings. The zero-order valence-electron chi connectivity index (χ0n) is 21.2. The smallest absolute Gasteiger partial charge is 0.0578 e. The van der Waals surface area contributed by atoms with Crippen molar-refractivity contribution >= 4 is 12.6 Å². The minimum atomic E-state index is -0.158. The molecule has 0 heterocycles. The summed E-state index contributed by atoms with van der Waals surface area (Å²) in [5.41, 5.74) is 10.5. The summed E-state index contributed by atoms with van der Waals surface area (Å²) >= 11 is 3.53. The predicted octanol–water partition coefficient (Wildman–Crippen LogP) is 7.88. The van der Waals surface area contributed by atoms with Crippen LogP contribution in [-0.2, 0) is 0 Å². The Morgan fingerprint density at radius 2 is 1.82 bits per heavy atom. The highest BCUT2D eigenvalue weighted by molar-refractivity contribution is 7.79. The number of allylic oxidation sites excluding steroid dienone is 5. The van der Waals surface area contributed by atoms with E-state index in [0.717, 1.165) is 43.4 Å². The normalized spacial score (nSPS) is 40.4. The van der Waals surface area contributed by atoms with Crippen LogP contribution in [0.4, 0.5) is 0 Å². The summed E-state index contributed by atoms with van der Waals surface area (Å²) in [5.74, 6) is 3.22. The Morgan fingerprint density at radius 1 is 1.06 bits per heavy atom. The largest absolute Gasteiger partial charge is 0.393 e. The van der Waals surface area contributed by atoms with E-state index in [1.165, 1.54) is 56.9 Å². The van der Waals surface area contributed by atoms with Gasteiger partial charge in [-0.1, -0.05) is 63.6 Å². The quantitative estimate of drug-likeness (QED) is 0.286. The molecule has 0 aliphatic heterocycles. The molecular weight excluding hydrogens is 422 g/mol. The third-order valence-corrected chi connectivity index (χ3v) is 9.74. The van der Waals surface area contributed by atoms with Gasteiger partial charge in [0.05, 0.1) is 6.10 Å². The average Bonchev–Trinajstić information content (AvgIpc) is 3.45. The molecule has 3 saturated carbocycles. The Kier molecular flexibility index (Phi) is 10.8. The third kappa shape index (κ3) is 5.51. The van der Waals surface area contributed by atoms with Crippen LogP contribution in [0.1, 0.15) is 105 Å². The molecule has 0 aromatic heterocycles. The fourth-order valence-corrected chi connectivity index (χ4v) is 8.17. The molecular formula is C30H53NOS. The summed E-state index contributed by atoms with van der Waals surface area (Å²) < 4.78 is 0. The minimum absolute atomic E-state index is 0. The predicted molar refractivity (Wildman–Crippen MR) is 149 cm³/mol. The van der Waals surface area contributed by atoms with Crippen LogP contribution in [-0.4, -0.2) is 23.0 Å². The maximum atomic E-state index is 10.1. The summed E-state index contributed by atoms with van der Waals surface area (Å²) in [5, 5.41) is 10.1. The number of aliphatic hydroxyl groups excluding tert-OH is 1. The number of hydrogen-bond acceptors (Lipinski definition) is 3. The van der Waals surface area contributed by atoms with Crippen LogP contribution in [0, 0.1) is 29.1 Å². The fraction of sp³-hybridized carbons (Fsp3) is 0.800. The van der Waals surface area contributed by atoms with Gasteiger partial charge in [0.1, 0.15) is 0 Å². The van der Waals surface area contributed by atoms with Crippen LogP contribution in [0.15, 0.2) is 35.5 Å². The Balaban J connectivity index is 0.000000733. The van der Waals surface area contributed by atoms with E-state index >= 15 is 0 Å². The molecule has 5 rings (SSSR count). The van der Waals surface area contributed by atoms with E-state index in [4.69, 9.17) is 5.73 Å². The molecule has 0 aromatic rings. The van der Waals surface area contributed by atoms with E-state index in [1.54, 1.807) is 11.8 Å². The lowest BCUT2D eigenvalue weighted by Crippen LogP contribution is -2.60. The van der Waals surface area contributed by atoms with E-state index in [0.29, 0.717) is 11.3 Å². The zero-order chi connectivity index (χ0) is 23.4. The van der Waals surface area contributed by atoms with Crippen molar-refractivity contribution in [1.82, 2.24) is 0 Å². The van der Waals surface area contributed by atoms with Gasteiger partial charge in [0.2, 0.25) is 0 Å². The van der Waals surface area contributed by atoms with Crippen LogP contribution in [0.25, 0.3) is 0 Å². The van der Waals surface area contributed by atoms with E-state index in [9.17, 15) is 5.11 Å². The monoisotopic (exact) mass is 475 g/mol. The van der Waals surface area contributed by atoms with Gasteiger partial charge in [-0.25, -0.2) is 0 Å². The standard InChI is InChI=1S/C26H39NO.C2H6.CH4S.CH4/c1-25-15-14-24-22(11-9-20-17-21(28)13-16-26(20,24)27)23(25)12-10-19(25)8-4-7-18-5-2-3-6-18;2*1-2;/h2,5-6,9,19,21-24,28H,3-4,7-8,10-17,27H2,1H3;1-2H3;2H,1H3;1H4. The molecule has 190 valence electrons. The van der Waals surface area contributed by atoms with Crippen molar-refractivity contribution in [2.45, 2.75) is 117 Å². The van der Waals surface area contributed by atoms with Gasteiger partial charge in [-0.15, -0.1) is 0 Å². The lowest BCUT2D eigenvalue weighted by atomic mass is 9.49. The number of aliphatic hydroxyl groups is 1. The minimum Gasteiger partial charge on any atom is -0.393 e. The SMILES string of the molecule is C.CC.CC12CCC3C(CC=C4CC(O)CCC43N)C1CCC2CCCC1=CCC=C1.CS. The molecule has 5 aliphatic carbocycles. The Morgan fingerprint density at radius 3 is 2.52 bits per heavy atom. The second-order valence-corrected chi connectivity index (χ2v) is 10.9. The van der Waals surface area contributed by atoms with Crippen LogP contribution >= 0.6 is 12.6 Å². The van der Waals surface area contributed by atoms with Crippen molar-refractivity contribution in [2.75, 3.05) is 6.26 Å². The fourth-order valence-electron chi connectivity index (χ4n) is 8.17. The molecule has 33 heavy (non-hydrogen) atoms. The number of thiol groups is 1. The van der Waals surface area contributed by atoms with Crippen LogP contribution in [0.5, 0.6) is 0 Å². The molecule has 3 N–H and O–H groups in total. The highest BCUT2D eigenvalue weighted by Gasteiger charge is 2.58. The molecule has 2 nitrogen and oxygen atoms in total. The first-order valence-electron chi connectivity index (χ1n) is 13.5. The highest BCUT2D eigenvalue weighted by atomic mass is 32.1. The highest BCUT2D eigenvalue weighted by Crippen LogP contribution is 2.64. The molecule has 0 bridgehead atoms. The molecule has 0 spiro atoms. The van der Waals surface area contributed by atoms with E-state index in [-0.39, 0.29) is 19.1 Å². The number of fused-ring (bicyclic) bond motifs is 5. The summed E-state index contributed by atoms with van der Waals surface area (Å²) in [6.07, 6.45) is 25.7. The van der Waals surface area contributed by atoms with Gasteiger partial charge in [-0.05, 0) is 112 Å². The molecule has 5 aliphatic rings. The molecule has 0 radical (unpaired) electrons. The number of nitrogens with two attached hydrogens (primary N) is 1. The zero-order valence-corrected chi connectivity index (χ0v) is 22.0. The Bertz CT molecular complexity index is 712. The van der Waals surface area contributed by atoms with Crippen molar-refractivity contribution in [2.24, 2.45) is 34.8 Å². The second kappa shape index (κ2) is 12.5. The molecule has 0 aromatic carbocycles. The van der Waals surface area contributed by atoms with Crippen LogP contribution < -0.4 is 5.73 Å². The van der Waals surface area contributed by atoms with Gasteiger partial charge in [0.25, 0.3) is 0 Å². The van der Waals surface area contributed by atoms with Gasteiger partial charge < -0.3 is 10.8 Å². The number of rotatable bonds is 4. The Labute approximate surface area is 211 Å². The van der Waals surface area contributed by atoms with E-state index < -0.39 is 0 Å². The van der Waals surface area contributed by atoms with Gasteiger partial charge in [-0.2, -0.15) is 12.6 Å². The molecule has 7 unspecified atom stereocenters. The molecule has 0 saturated heterocycles. The first kappa shape index (κ1) is 28.7. The van der Waals surface area contributed by atoms with Gasteiger partial charge in [0, 0.05) is 5.54 Å². The van der Waals surface area contributed by atoms with Crippen molar-refractivity contribution in [3.63, 3.8) is 0 Å².